The third-order valence-electron chi connectivity index (χ3n) is 11.9. The SMILES string of the molecule is CCC1=C(C)/C(=C/c2c3ccccc3c(C#Cc3cccc(C#Cc4ccc(-c5cc(C6=C(c7c(C)sc8ccccc78)C(F)(F)C(F)(F)C6(F)F)c(C)s5)cc4)c3)n2B(F)F)N=C1C. The molecule has 0 fully saturated rings. The Morgan fingerprint density at radius 1 is 0.662 bits per heavy atom. The predicted molar refractivity (Wildman–Crippen MR) is 250 cm³/mol. The van der Waals surface area contributed by atoms with Crippen molar-refractivity contribution in [3.05, 3.63) is 169 Å². The maximum Gasteiger partial charge on any atom is 0.678 e. The summed E-state index contributed by atoms with van der Waals surface area (Å²) < 4.78 is 125. The number of hydrogen-bond donors (Lipinski definition) is 0. The number of fused-ring (bicyclic) bond motifs is 2. The molecule has 1 aliphatic heterocycles. The molecule has 0 radical (unpaired) electrons. The van der Waals surface area contributed by atoms with Gasteiger partial charge in [-0.2, -0.15) is 26.3 Å². The monoisotopic (exact) mass is 914 g/mol. The van der Waals surface area contributed by atoms with Gasteiger partial charge in [0, 0.05) is 80.3 Å². The second-order valence-electron chi connectivity index (χ2n) is 15.9. The van der Waals surface area contributed by atoms with Crippen molar-refractivity contribution in [3.63, 3.8) is 0 Å². The first-order valence-corrected chi connectivity index (χ1v) is 22.2. The molecule has 7 aromatic rings. The topological polar surface area (TPSA) is 17.3 Å². The van der Waals surface area contributed by atoms with Gasteiger partial charge in [-0.25, -0.2) is 0 Å². The standard InChI is InChI=1S/C52H35BF8N2S2/c1-6-37-29(2)42(62-30(37)3)28-44-39-15-8-7-14-38(39)43(63(44)53(60)61)25-22-35-13-11-12-34(26-35)19-18-33-20-23-36(24-21-33)46-27-41(31(4)64-46)48-49(51(56,57)52(58,59)50(48,54)55)47-32(5)65-45-17-10-9-16-40(45)47/h7-17,20-21,23-24,26-28H,6H2,1-5H3/b42-28-. The number of thiophene rings is 2. The van der Waals surface area contributed by atoms with Gasteiger partial charge in [-0.3, -0.25) is 13.6 Å². The number of aromatic nitrogens is 1. The molecule has 1 aliphatic carbocycles. The van der Waals surface area contributed by atoms with Crippen LogP contribution in [0.2, 0.25) is 0 Å². The fourth-order valence-corrected chi connectivity index (χ4v) is 10.9. The Morgan fingerprint density at radius 3 is 1.94 bits per heavy atom. The molecule has 9 rings (SSSR count). The number of aryl methyl sites for hydroxylation is 2. The number of allylic oxidation sites excluding steroid dienone is 4. The van der Waals surface area contributed by atoms with E-state index >= 15 is 26.3 Å². The average Bonchev–Trinajstić information content (AvgIpc) is 4.01. The van der Waals surface area contributed by atoms with Crippen LogP contribution in [0.5, 0.6) is 0 Å². The van der Waals surface area contributed by atoms with Crippen LogP contribution in [0.4, 0.5) is 35.0 Å². The minimum atomic E-state index is -5.67. The molecule has 4 heterocycles. The summed E-state index contributed by atoms with van der Waals surface area (Å²) in [6.07, 6.45) is 2.49. The van der Waals surface area contributed by atoms with Crippen LogP contribution in [0, 0.1) is 37.5 Å². The molecule has 0 bridgehead atoms. The van der Waals surface area contributed by atoms with E-state index < -0.39 is 36.3 Å². The molecule has 4 aromatic carbocycles. The number of alkyl halides is 6. The van der Waals surface area contributed by atoms with Crippen LogP contribution in [0.25, 0.3) is 48.5 Å². The van der Waals surface area contributed by atoms with Gasteiger partial charge in [0.15, 0.2) is 0 Å². The average molecular weight is 915 g/mol. The van der Waals surface area contributed by atoms with Gasteiger partial charge in [0.2, 0.25) is 0 Å². The smallest absolute Gasteiger partial charge is 0.318 e. The molecule has 324 valence electrons. The molecule has 0 atom stereocenters. The van der Waals surface area contributed by atoms with E-state index in [-0.39, 0.29) is 32.0 Å². The Morgan fingerprint density at radius 2 is 1.28 bits per heavy atom. The van der Waals surface area contributed by atoms with Crippen molar-refractivity contribution < 1.29 is 35.0 Å². The third-order valence-corrected chi connectivity index (χ3v) is 14.1. The van der Waals surface area contributed by atoms with E-state index in [9.17, 15) is 8.63 Å². The van der Waals surface area contributed by atoms with Crippen LogP contribution in [-0.4, -0.2) is 35.4 Å². The van der Waals surface area contributed by atoms with Crippen molar-refractivity contribution in [2.24, 2.45) is 4.99 Å². The van der Waals surface area contributed by atoms with Gasteiger partial charge in [-0.15, -0.1) is 22.7 Å². The zero-order chi connectivity index (χ0) is 46.2. The highest BCUT2D eigenvalue weighted by Gasteiger charge is 2.80. The van der Waals surface area contributed by atoms with E-state index in [1.165, 1.54) is 26.0 Å². The number of aliphatic imine (C=N–C) groups is 1. The lowest BCUT2D eigenvalue weighted by atomic mass is 9.93. The van der Waals surface area contributed by atoms with Gasteiger partial charge in [-0.05, 0) is 111 Å². The van der Waals surface area contributed by atoms with Crippen LogP contribution >= 0.6 is 22.7 Å². The highest BCUT2D eigenvalue weighted by Crippen LogP contribution is 2.66. The summed E-state index contributed by atoms with van der Waals surface area (Å²) in [5.74, 6) is -3.75. The predicted octanol–water partition coefficient (Wildman–Crippen LogP) is 15.1. The summed E-state index contributed by atoms with van der Waals surface area (Å²) in [7, 11) is -2.88. The largest absolute Gasteiger partial charge is 0.678 e. The summed E-state index contributed by atoms with van der Waals surface area (Å²) in [5.41, 5.74) is 2.97. The minimum Gasteiger partial charge on any atom is -0.318 e. The van der Waals surface area contributed by atoms with E-state index in [1.54, 1.807) is 97.1 Å². The van der Waals surface area contributed by atoms with Crippen LogP contribution in [0.1, 0.15) is 76.2 Å². The third kappa shape index (κ3) is 7.17. The quantitative estimate of drug-likeness (QED) is 0.0899. The molecule has 2 aliphatic rings. The number of nitrogens with zero attached hydrogens (tertiary/aromatic N) is 2. The molecule has 0 saturated carbocycles. The van der Waals surface area contributed by atoms with E-state index in [4.69, 9.17) is 0 Å². The minimum absolute atomic E-state index is 0.166. The molecule has 2 nitrogen and oxygen atoms in total. The fourth-order valence-electron chi connectivity index (χ4n) is 8.75. The fraction of sp³-hybridized carbons (Fsp3) is 0.173. The number of benzene rings is 4. The summed E-state index contributed by atoms with van der Waals surface area (Å²) in [6, 6.07) is 28.6. The van der Waals surface area contributed by atoms with Gasteiger partial charge in [0.05, 0.1) is 11.4 Å². The molecule has 0 N–H and O–H groups in total. The maximum atomic E-state index is 15.8. The van der Waals surface area contributed by atoms with Crippen LogP contribution < -0.4 is 0 Å². The Balaban J connectivity index is 1.01. The van der Waals surface area contributed by atoms with Crippen molar-refractivity contribution in [1.82, 2.24) is 4.48 Å². The van der Waals surface area contributed by atoms with Gasteiger partial charge >= 0.3 is 25.2 Å². The van der Waals surface area contributed by atoms with Crippen LogP contribution in [0.15, 0.2) is 125 Å². The first kappa shape index (κ1) is 43.8. The zero-order valence-electron chi connectivity index (χ0n) is 35.4. The lowest BCUT2D eigenvalue weighted by Gasteiger charge is -2.25. The van der Waals surface area contributed by atoms with Crippen molar-refractivity contribution >= 4 is 73.9 Å². The molecular weight excluding hydrogens is 880 g/mol. The highest BCUT2D eigenvalue weighted by molar-refractivity contribution is 7.19. The molecule has 0 spiro atoms. The number of halogens is 8. The highest BCUT2D eigenvalue weighted by atomic mass is 32.1. The van der Waals surface area contributed by atoms with Crippen LogP contribution in [0.3, 0.4) is 0 Å². The van der Waals surface area contributed by atoms with E-state index in [2.05, 4.69) is 28.7 Å². The maximum absolute atomic E-state index is 15.8. The zero-order valence-corrected chi connectivity index (χ0v) is 37.0. The van der Waals surface area contributed by atoms with Crippen molar-refractivity contribution in [1.29, 1.82) is 0 Å². The summed E-state index contributed by atoms with van der Waals surface area (Å²) >= 11 is 2.12. The van der Waals surface area contributed by atoms with Gasteiger partial charge < -0.3 is 4.48 Å². The van der Waals surface area contributed by atoms with E-state index in [0.717, 1.165) is 50.4 Å². The molecule has 3 aromatic heterocycles. The number of hydrogen-bond acceptors (Lipinski definition) is 3. The van der Waals surface area contributed by atoms with Crippen molar-refractivity contribution in [2.75, 3.05) is 0 Å². The van der Waals surface area contributed by atoms with Gasteiger partial charge in [0.25, 0.3) is 0 Å². The van der Waals surface area contributed by atoms with Crippen LogP contribution in [-0.2, 0) is 0 Å². The van der Waals surface area contributed by atoms with E-state index in [0.29, 0.717) is 54.0 Å². The second kappa shape index (κ2) is 16.2. The second-order valence-corrected chi connectivity index (χ2v) is 18.4. The molecule has 0 amide bonds. The summed E-state index contributed by atoms with van der Waals surface area (Å²) in [4.78, 5) is 5.51. The molecule has 65 heavy (non-hydrogen) atoms. The first-order chi connectivity index (χ1) is 30.9. The lowest BCUT2D eigenvalue weighted by molar-refractivity contribution is -0.254. The molecule has 13 heteroatoms. The molecule has 0 saturated heterocycles. The summed E-state index contributed by atoms with van der Waals surface area (Å²) in [6.45, 7) is 8.83. The molecular formula is C52H35BF8N2S2. The van der Waals surface area contributed by atoms with Gasteiger partial charge in [0.1, 0.15) is 0 Å². The normalized spacial score (nSPS) is 16.9. The van der Waals surface area contributed by atoms with Gasteiger partial charge in [-0.1, -0.05) is 85.3 Å². The lowest BCUT2D eigenvalue weighted by Crippen LogP contribution is -2.48. The van der Waals surface area contributed by atoms with Crippen molar-refractivity contribution in [3.8, 4) is 34.1 Å². The van der Waals surface area contributed by atoms with E-state index in [1.807, 2.05) is 20.8 Å². The molecule has 0 unspecified atom stereocenters. The Hall–Kier alpha value is -6.41. The van der Waals surface area contributed by atoms with Crippen molar-refractivity contribution in [2.45, 2.75) is 58.8 Å². The Labute approximate surface area is 378 Å². The summed E-state index contributed by atoms with van der Waals surface area (Å²) in [5, 5.41) is 1.42. The first-order valence-electron chi connectivity index (χ1n) is 20.6. The Bertz CT molecular complexity index is 3370. The Kier molecular flexibility index (Phi) is 10.9. The number of rotatable bonds is 6.